The number of aryl methyl sites for hydroxylation is 2. The second kappa shape index (κ2) is 5.92. The second-order valence-electron chi connectivity index (χ2n) is 6.59. The van der Waals surface area contributed by atoms with Gasteiger partial charge < -0.3 is 10.0 Å². The molecule has 1 aliphatic rings. The van der Waals surface area contributed by atoms with Crippen LogP contribution in [0.5, 0.6) is 0 Å². The van der Waals surface area contributed by atoms with Crippen LogP contribution in [0.4, 0.5) is 5.82 Å². The summed E-state index contributed by atoms with van der Waals surface area (Å²) in [7, 11) is 0. The molecule has 1 unspecified atom stereocenters. The maximum Gasteiger partial charge on any atom is 0.176 e. The smallest absolute Gasteiger partial charge is 0.176 e. The number of hydrogen-bond donors (Lipinski definition) is 1. The maximum atomic E-state index is 10.8. The largest absolute Gasteiger partial charge is 0.386 e. The first-order chi connectivity index (χ1) is 12.0. The topological polar surface area (TPSA) is 97.8 Å². The van der Waals surface area contributed by atoms with Crippen LogP contribution < -0.4 is 4.90 Å². The minimum Gasteiger partial charge on any atom is -0.386 e. The molecule has 1 fully saturated rings. The van der Waals surface area contributed by atoms with Crippen LogP contribution >= 0.6 is 0 Å². The Morgan fingerprint density at radius 1 is 1.20 bits per heavy atom. The van der Waals surface area contributed by atoms with Crippen molar-refractivity contribution in [3.05, 3.63) is 42.0 Å². The molecule has 0 bridgehead atoms. The van der Waals surface area contributed by atoms with Gasteiger partial charge in [0.15, 0.2) is 11.6 Å². The highest BCUT2D eigenvalue weighted by Gasteiger charge is 2.37. The Morgan fingerprint density at radius 3 is 2.64 bits per heavy atom. The lowest BCUT2D eigenvalue weighted by molar-refractivity contribution is 0.0408. The zero-order valence-electron chi connectivity index (χ0n) is 14.2. The number of nitrogens with zero attached hydrogens (tertiary/aromatic N) is 8. The first-order valence-corrected chi connectivity index (χ1v) is 8.21. The van der Waals surface area contributed by atoms with Crippen molar-refractivity contribution >= 4 is 5.82 Å². The van der Waals surface area contributed by atoms with Gasteiger partial charge in [0.05, 0.1) is 25.0 Å². The van der Waals surface area contributed by atoms with Gasteiger partial charge in [0, 0.05) is 18.4 Å². The molecule has 1 saturated heterocycles. The number of rotatable bonds is 4. The fourth-order valence-corrected chi connectivity index (χ4v) is 3.26. The van der Waals surface area contributed by atoms with Crippen molar-refractivity contribution in [2.24, 2.45) is 0 Å². The van der Waals surface area contributed by atoms with E-state index in [1.165, 1.54) is 0 Å². The third-order valence-corrected chi connectivity index (χ3v) is 4.45. The summed E-state index contributed by atoms with van der Waals surface area (Å²) in [5, 5.41) is 31.5. The number of β-amino-alcohol motifs (C(OH)–C–C–N with tert-alkyl or cyclic N) is 1. The molecule has 0 radical (unpaired) electrons. The molecule has 0 aliphatic carbocycles. The molecule has 4 heterocycles. The molecule has 0 amide bonds. The summed E-state index contributed by atoms with van der Waals surface area (Å²) < 4.78 is 3.43. The molecule has 1 N–H and O–H groups in total. The van der Waals surface area contributed by atoms with Gasteiger partial charge in [-0.2, -0.15) is 5.10 Å². The Hall–Kier alpha value is -2.81. The SMILES string of the molecule is Cc1cc(C)n(-c2ccc(N3CCC(O)(Cn4ccnn4)C3)nn2)n1. The Balaban J connectivity index is 1.48. The molecule has 3 aromatic heterocycles. The van der Waals surface area contributed by atoms with Gasteiger partial charge in [0.1, 0.15) is 5.60 Å². The Labute approximate surface area is 144 Å². The lowest BCUT2D eigenvalue weighted by atomic mass is 10.0. The summed E-state index contributed by atoms with van der Waals surface area (Å²) >= 11 is 0. The van der Waals surface area contributed by atoms with Gasteiger partial charge in [-0.25, -0.2) is 9.36 Å². The maximum absolute atomic E-state index is 10.8. The first kappa shape index (κ1) is 15.7. The molecule has 25 heavy (non-hydrogen) atoms. The zero-order chi connectivity index (χ0) is 17.4. The summed E-state index contributed by atoms with van der Waals surface area (Å²) in [6.45, 7) is 5.56. The zero-order valence-corrected chi connectivity index (χ0v) is 14.2. The molecule has 9 heteroatoms. The van der Waals surface area contributed by atoms with E-state index in [9.17, 15) is 5.11 Å². The van der Waals surface area contributed by atoms with Crippen LogP contribution in [0.3, 0.4) is 0 Å². The average molecular weight is 340 g/mol. The summed E-state index contributed by atoms with van der Waals surface area (Å²) in [5.41, 5.74) is 1.12. The lowest BCUT2D eigenvalue weighted by Crippen LogP contribution is -2.38. The second-order valence-corrected chi connectivity index (χ2v) is 6.59. The Bertz CT molecular complexity index is 857. The van der Waals surface area contributed by atoms with Gasteiger partial charge >= 0.3 is 0 Å². The van der Waals surface area contributed by atoms with E-state index in [2.05, 4.69) is 25.6 Å². The first-order valence-electron chi connectivity index (χ1n) is 8.21. The Morgan fingerprint density at radius 2 is 2.00 bits per heavy atom. The highest BCUT2D eigenvalue weighted by Crippen LogP contribution is 2.26. The molecular weight excluding hydrogens is 320 g/mol. The highest BCUT2D eigenvalue weighted by molar-refractivity contribution is 5.42. The molecule has 0 spiro atoms. The van der Waals surface area contributed by atoms with E-state index in [0.29, 0.717) is 25.3 Å². The highest BCUT2D eigenvalue weighted by atomic mass is 16.3. The van der Waals surface area contributed by atoms with E-state index in [4.69, 9.17) is 0 Å². The van der Waals surface area contributed by atoms with Crippen LogP contribution in [0, 0.1) is 13.8 Å². The summed E-state index contributed by atoms with van der Waals surface area (Å²) in [6.07, 6.45) is 4.01. The van der Waals surface area contributed by atoms with Crippen molar-refractivity contribution in [3.63, 3.8) is 0 Å². The summed E-state index contributed by atoms with van der Waals surface area (Å²) in [4.78, 5) is 2.04. The number of hydrogen-bond acceptors (Lipinski definition) is 7. The van der Waals surface area contributed by atoms with E-state index < -0.39 is 5.60 Å². The normalized spacial score (nSPS) is 20.4. The number of aliphatic hydroxyl groups is 1. The van der Waals surface area contributed by atoms with Gasteiger partial charge in [-0.1, -0.05) is 5.21 Å². The third kappa shape index (κ3) is 3.10. The summed E-state index contributed by atoms with van der Waals surface area (Å²) in [5.74, 6) is 1.44. The van der Waals surface area contributed by atoms with E-state index in [-0.39, 0.29) is 0 Å². The van der Waals surface area contributed by atoms with Crippen LogP contribution in [0.1, 0.15) is 17.8 Å². The molecule has 0 aromatic carbocycles. The van der Waals surface area contributed by atoms with Crippen LogP contribution in [-0.2, 0) is 6.54 Å². The van der Waals surface area contributed by atoms with Gasteiger partial charge in [0.25, 0.3) is 0 Å². The van der Waals surface area contributed by atoms with E-state index in [1.54, 1.807) is 21.8 Å². The number of aromatic nitrogens is 7. The van der Waals surface area contributed by atoms with Crippen molar-refractivity contribution < 1.29 is 5.11 Å². The van der Waals surface area contributed by atoms with Gasteiger partial charge in [-0.3, -0.25) is 0 Å². The molecule has 0 saturated carbocycles. The van der Waals surface area contributed by atoms with E-state index in [1.807, 2.05) is 36.9 Å². The standard InChI is InChI=1S/C16H20N8O/c1-12-9-13(2)24(20-12)15-4-3-14(18-19-15)22-7-5-16(25,10-22)11-23-8-6-17-21-23/h3-4,6,8-9,25H,5,7,10-11H2,1-2H3. The lowest BCUT2D eigenvalue weighted by Gasteiger charge is -2.23. The molecule has 1 aliphatic heterocycles. The van der Waals surface area contributed by atoms with Crippen LogP contribution in [0.25, 0.3) is 5.82 Å². The van der Waals surface area contributed by atoms with Crippen molar-refractivity contribution in [2.75, 3.05) is 18.0 Å². The molecule has 9 nitrogen and oxygen atoms in total. The summed E-state index contributed by atoms with van der Waals surface area (Å²) in [6, 6.07) is 5.82. The van der Waals surface area contributed by atoms with Gasteiger partial charge in [0.2, 0.25) is 0 Å². The predicted octanol–water partition coefficient (Wildman–Crippen LogP) is 0.512. The van der Waals surface area contributed by atoms with Gasteiger partial charge in [-0.15, -0.1) is 15.3 Å². The van der Waals surface area contributed by atoms with Crippen molar-refractivity contribution in [3.8, 4) is 5.82 Å². The molecule has 3 aromatic rings. The van der Waals surface area contributed by atoms with Crippen LogP contribution in [0.2, 0.25) is 0 Å². The van der Waals surface area contributed by atoms with Crippen molar-refractivity contribution in [2.45, 2.75) is 32.4 Å². The predicted molar refractivity (Wildman–Crippen MR) is 90.4 cm³/mol. The fraction of sp³-hybridized carbons (Fsp3) is 0.438. The molecule has 4 rings (SSSR count). The molecule has 130 valence electrons. The quantitative estimate of drug-likeness (QED) is 0.739. The van der Waals surface area contributed by atoms with E-state index in [0.717, 1.165) is 23.8 Å². The van der Waals surface area contributed by atoms with Crippen molar-refractivity contribution in [1.82, 2.24) is 35.0 Å². The monoisotopic (exact) mass is 340 g/mol. The minimum absolute atomic E-state index is 0.417. The van der Waals surface area contributed by atoms with Crippen molar-refractivity contribution in [1.29, 1.82) is 0 Å². The number of anilines is 1. The average Bonchev–Trinajstić information content (AvgIpc) is 3.29. The molecule has 1 atom stereocenters. The van der Waals surface area contributed by atoms with Crippen LogP contribution in [-0.4, -0.2) is 58.8 Å². The van der Waals surface area contributed by atoms with E-state index >= 15 is 0 Å². The fourth-order valence-electron chi connectivity index (χ4n) is 3.26. The third-order valence-electron chi connectivity index (χ3n) is 4.45. The molecular formula is C16H20N8O. The minimum atomic E-state index is -0.844. The Kier molecular flexibility index (Phi) is 3.72. The van der Waals surface area contributed by atoms with Crippen LogP contribution in [0.15, 0.2) is 30.6 Å². The van der Waals surface area contributed by atoms with Gasteiger partial charge in [-0.05, 0) is 38.5 Å².